The van der Waals surface area contributed by atoms with Gasteiger partial charge < -0.3 is 20.1 Å². The molecule has 0 bridgehead atoms. The van der Waals surface area contributed by atoms with Crippen molar-refractivity contribution >= 4 is 29.2 Å². The number of anilines is 2. The van der Waals surface area contributed by atoms with Crippen LogP contribution in [0.3, 0.4) is 0 Å². The Morgan fingerprint density at radius 3 is 2.18 bits per heavy atom. The highest BCUT2D eigenvalue weighted by molar-refractivity contribution is 6.05. The molecule has 0 radical (unpaired) electrons. The van der Waals surface area contributed by atoms with Gasteiger partial charge in [-0.05, 0) is 55.3 Å². The molecule has 0 fully saturated rings. The van der Waals surface area contributed by atoms with Crippen LogP contribution in [0.25, 0.3) is 0 Å². The van der Waals surface area contributed by atoms with Crippen molar-refractivity contribution in [2.75, 3.05) is 24.9 Å². The van der Waals surface area contributed by atoms with Crippen LogP contribution in [-0.4, -0.2) is 32.1 Å². The molecule has 2 aromatic rings. The molecule has 2 aromatic carbocycles. The van der Waals surface area contributed by atoms with Crippen LogP contribution in [0.4, 0.5) is 11.4 Å². The maximum Gasteiger partial charge on any atom is 0.354 e. The minimum atomic E-state index is -0.720. The number of esters is 2. The number of aryl methyl sites for hydroxylation is 1. The number of amides is 1. The molecule has 2 rings (SSSR count). The monoisotopic (exact) mass is 382 g/mol. The van der Waals surface area contributed by atoms with Crippen LogP contribution in [0.5, 0.6) is 0 Å². The van der Waals surface area contributed by atoms with Crippen LogP contribution in [0.1, 0.15) is 21.5 Å². The molecule has 0 spiro atoms. The van der Waals surface area contributed by atoms with E-state index in [1.165, 1.54) is 14.2 Å². The summed E-state index contributed by atoms with van der Waals surface area (Å²) in [6.07, 6.45) is 0.993. The molecule has 0 aliphatic carbocycles. The third-order valence-corrected chi connectivity index (χ3v) is 4.15. The van der Waals surface area contributed by atoms with E-state index in [2.05, 4.69) is 20.1 Å². The molecule has 1 amide bonds. The smallest absolute Gasteiger partial charge is 0.354 e. The molecule has 0 saturated carbocycles. The highest BCUT2D eigenvalue weighted by Gasteiger charge is 2.14. The van der Waals surface area contributed by atoms with Crippen LogP contribution in [-0.2, 0) is 19.1 Å². The summed E-state index contributed by atoms with van der Waals surface area (Å²) in [6, 6.07) is 12.2. The van der Waals surface area contributed by atoms with Gasteiger partial charge in [0.1, 0.15) is 5.70 Å². The Hall–Kier alpha value is -3.61. The maximum absolute atomic E-state index is 12.5. The van der Waals surface area contributed by atoms with Gasteiger partial charge in [0, 0.05) is 16.9 Å². The van der Waals surface area contributed by atoms with E-state index in [9.17, 15) is 14.4 Å². The molecule has 0 unspecified atom stereocenters. The zero-order chi connectivity index (χ0) is 20.7. The van der Waals surface area contributed by atoms with Gasteiger partial charge in [0.2, 0.25) is 0 Å². The second-order valence-electron chi connectivity index (χ2n) is 5.98. The van der Waals surface area contributed by atoms with Gasteiger partial charge >= 0.3 is 11.9 Å². The van der Waals surface area contributed by atoms with Crippen LogP contribution >= 0.6 is 0 Å². The Labute approximate surface area is 163 Å². The van der Waals surface area contributed by atoms with Gasteiger partial charge in [-0.25, -0.2) is 9.59 Å². The van der Waals surface area contributed by atoms with Crippen molar-refractivity contribution in [1.29, 1.82) is 0 Å². The lowest BCUT2D eigenvalue weighted by atomic mass is 10.1. The molecule has 146 valence electrons. The fourth-order valence-electron chi connectivity index (χ4n) is 2.37. The number of rotatable bonds is 6. The summed E-state index contributed by atoms with van der Waals surface area (Å²) in [6.45, 7) is 3.92. The average Bonchev–Trinajstić information content (AvgIpc) is 2.70. The quantitative estimate of drug-likeness (QED) is 0.589. The Bertz CT molecular complexity index is 917. The number of carbonyl (C=O) groups excluding carboxylic acids is 3. The number of carbonyl (C=O) groups is 3. The highest BCUT2D eigenvalue weighted by atomic mass is 16.5. The lowest BCUT2D eigenvalue weighted by Gasteiger charge is -2.12. The van der Waals surface area contributed by atoms with Crippen LogP contribution in [0, 0.1) is 13.8 Å². The van der Waals surface area contributed by atoms with Gasteiger partial charge in [-0.2, -0.15) is 0 Å². The third-order valence-electron chi connectivity index (χ3n) is 4.15. The van der Waals surface area contributed by atoms with Gasteiger partial charge in [-0.15, -0.1) is 0 Å². The summed E-state index contributed by atoms with van der Waals surface area (Å²) in [5, 5.41) is 5.66. The summed E-state index contributed by atoms with van der Waals surface area (Å²) in [5.41, 5.74) is 3.71. The molecule has 28 heavy (non-hydrogen) atoms. The molecule has 0 saturated heterocycles. The van der Waals surface area contributed by atoms with E-state index in [-0.39, 0.29) is 11.6 Å². The Kier molecular flexibility index (Phi) is 6.92. The van der Waals surface area contributed by atoms with Crippen molar-refractivity contribution in [3.05, 3.63) is 70.9 Å². The molecular weight excluding hydrogens is 360 g/mol. The normalized spacial score (nSPS) is 10.8. The Morgan fingerprint density at radius 1 is 0.893 bits per heavy atom. The van der Waals surface area contributed by atoms with Crippen molar-refractivity contribution in [3.8, 4) is 0 Å². The van der Waals surface area contributed by atoms with E-state index < -0.39 is 11.9 Å². The molecule has 7 nitrogen and oxygen atoms in total. The summed E-state index contributed by atoms with van der Waals surface area (Å²) >= 11 is 0. The van der Waals surface area contributed by atoms with Gasteiger partial charge in [0.15, 0.2) is 0 Å². The maximum atomic E-state index is 12.5. The van der Waals surface area contributed by atoms with Crippen molar-refractivity contribution < 1.29 is 23.9 Å². The van der Waals surface area contributed by atoms with E-state index in [1.807, 2.05) is 32.0 Å². The predicted octanol–water partition coefficient (Wildman–Crippen LogP) is 3.20. The van der Waals surface area contributed by atoms with E-state index >= 15 is 0 Å². The Balaban J connectivity index is 2.14. The summed E-state index contributed by atoms with van der Waals surface area (Å²) in [5.74, 6) is -1.67. The van der Waals surface area contributed by atoms with Gasteiger partial charge in [-0.3, -0.25) is 4.79 Å². The average molecular weight is 382 g/mol. The van der Waals surface area contributed by atoms with Gasteiger partial charge in [0.05, 0.1) is 20.3 Å². The van der Waals surface area contributed by atoms with Crippen LogP contribution in [0.15, 0.2) is 54.2 Å². The van der Waals surface area contributed by atoms with Gasteiger partial charge in [-0.1, -0.05) is 12.1 Å². The van der Waals surface area contributed by atoms with Crippen LogP contribution < -0.4 is 10.6 Å². The fraction of sp³-hybridized carbons (Fsp3) is 0.190. The zero-order valence-electron chi connectivity index (χ0n) is 16.2. The number of nitrogens with one attached hydrogen (secondary N) is 2. The largest absolute Gasteiger partial charge is 0.466 e. The van der Waals surface area contributed by atoms with Crippen molar-refractivity contribution in [2.45, 2.75) is 13.8 Å². The topological polar surface area (TPSA) is 93.7 Å². The number of benzene rings is 2. The highest BCUT2D eigenvalue weighted by Crippen LogP contribution is 2.20. The summed E-state index contributed by atoms with van der Waals surface area (Å²) < 4.78 is 9.16. The van der Waals surface area contributed by atoms with Crippen LogP contribution in [0.2, 0.25) is 0 Å². The second kappa shape index (κ2) is 9.36. The molecule has 2 N–H and O–H groups in total. The molecule has 0 aromatic heterocycles. The van der Waals surface area contributed by atoms with Crippen molar-refractivity contribution in [1.82, 2.24) is 0 Å². The first-order chi connectivity index (χ1) is 13.3. The fourth-order valence-corrected chi connectivity index (χ4v) is 2.37. The van der Waals surface area contributed by atoms with Crippen molar-refractivity contribution in [2.24, 2.45) is 0 Å². The van der Waals surface area contributed by atoms with E-state index in [0.29, 0.717) is 11.3 Å². The van der Waals surface area contributed by atoms with Gasteiger partial charge in [0.25, 0.3) is 5.91 Å². The van der Waals surface area contributed by atoms with E-state index in [1.54, 1.807) is 24.3 Å². The summed E-state index contributed by atoms with van der Waals surface area (Å²) in [7, 11) is 2.41. The third kappa shape index (κ3) is 5.20. The first-order valence-electron chi connectivity index (χ1n) is 8.48. The van der Waals surface area contributed by atoms with E-state index in [0.717, 1.165) is 22.9 Å². The molecule has 0 heterocycles. The number of hydrogen-bond donors (Lipinski definition) is 2. The molecule has 7 heteroatoms. The zero-order valence-corrected chi connectivity index (χ0v) is 16.2. The molecule has 0 aliphatic rings. The first-order valence-corrected chi connectivity index (χ1v) is 8.48. The second-order valence-corrected chi connectivity index (χ2v) is 5.98. The van der Waals surface area contributed by atoms with Crippen molar-refractivity contribution in [3.63, 3.8) is 0 Å². The Morgan fingerprint density at radius 2 is 1.57 bits per heavy atom. The number of hydrogen-bond acceptors (Lipinski definition) is 6. The number of ether oxygens (including phenoxy) is 2. The molecular formula is C21H22N2O5. The number of methoxy groups -OCH3 is 2. The van der Waals surface area contributed by atoms with E-state index in [4.69, 9.17) is 0 Å². The summed E-state index contributed by atoms with van der Waals surface area (Å²) in [4.78, 5) is 35.7. The molecule has 0 aliphatic heterocycles. The standard InChI is InChI=1S/C21H22N2O5/c1-13-6-5-7-17(14(13)2)23-20(25)15-8-10-16(11-9-15)22-18(21(26)28-4)12-19(24)27-3/h5-12,22H,1-4H3,(H,23,25)/b18-12+. The lowest BCUT2D eigenvalue weighted by molar-refractivity contribution is -0.138. The predicted molar refractivity (Wildman–Crippen MR) is 106 cm³/mol. The first kappa shape index (κ1) is 20.7. The SMILES string of the molecule is COC(=O)/C=C(/Nc1ccc(C(=O)Nc2cccc(C)c2C)cc1)C(=O)OC. The minimum absolute atomic E-state index is 0.0815. The molecule has 0 atom stereocenters. The minimum Gasteiger partial charge on any atom is -0.466 e. The lowest BCUT2D eigenvalue weighted by Crippen LogP contribution is -2.16.